The van der Waals surface area contributed by atoms with Crippen molar-refractivity contribution in [1.82, 2.24) is 0 Å². The highest BCUT2D eigenvalue weighted by atomic mass is 14.3. The second-order valence-corrected chi connectivity index (χ2v) is 4.70. The minimum atomic E-state index is 0.570. The summed E-state index contributed by atoms with van der Waals surface area (Å²) in [5.74, 6) is 1.00. The Bertz CT molecular complexity index is 91.1. The van der Waals surface area contributed by atoms with Crippen molar-refractivity contribution in [2.75, 3.05) is 0 Å². The van der Waals surface area contributed by atoms with Crippen molar-refractivity contribution in [1.29, 1.82) is 0 Å². The fourth-order valence-electron chi connectivity index (χ4n) is 1.97. The first kappa shape index (κ1) is 21.3. The maximum absolute atomic E-state index is 2.38. The lowest BCUT2D eigenvalue weighted by atomic mass is 9.72. The van der Waals surface area contributed by atoms with Crippen molar-refractivity contribution in [3.05, 3.63) is 0 Å². The van der Waals surface area contributed by atoms with Crippen LogP contribution in [0, 0.1) is 11.3 Å². The lowest BCUT2D eigenvalue weighted by Crippen LogP contribution is -2.22. The summed E-state index contributed by atoms with van der Waals surface area (Å²) in [6.07, 6.45) is 7.38. The van der Waals surface area contributed by atoms with E-state index in [2.05, 4.69) is 20.8 Å². The molecule has 0 heterocycles. The van der Waals surface area contributed by atoms with Crippen molar-refractivity contribution in [3.63, 3.8) is 0 Å². The van der Waals surface area contributed by atoms with Gasteiger partial charge in [0.2, 0.25) is 0 Å². The highest BCUT2D eigenvalue weighted by molar-refractivity contribution is 4.76. The molecule has 0 radical (unpaired) electrons. The summed E-state index contributed by atoms with van der Waals surface area (Å²) in [7, 11) is 0. The van der Waals surface area contributed by atoms with Crippen molar-refractivity contribution < 1.29 is 0 Å². The third-order valence-corrected chi connectivity index (χ3v) is 2.83. The molecule has 0 spiro atoms. The van der Waals surface area contributed by atoms with Crippen LogP contribution in [0.1, 0.15) is 94.4 Å². The summed E-state index contributed by atoms with van der Waals surface area (Å²) in [6.45, 7) is 19.1. The first-order valence-corrected chi connectivity index (χ1v) is 7.61. The lowest BCUT2D eigenvalue weighted by molar-refractivity contribution is 0.180. The van der Waals surface area contributed by atoms with Gasteiger partial charge >= 0.3 is 0 Å². The van der Waals surface area contributed by atoms with Crippen LogP contribution >= 0.6 is 0 Å². The molecular formula is C16H38. The van der Waals surface area contributed by atoms with E-state index in [4.69, 9.17) is 0 Å². The molecular weight excluding hydrogens is 192 g/mol. The van der Waals surface area contributed by atoms with Crippen LogP contribution in [-0.4, -0.2) is 0 Å². The SMILES string of the molecule is CC.CC.CC.CC(C)(C)C1CCCCC1. The first-order chi connectivity index (χ1) is 7.61. The van der Waals surface area contributed by atoms with E-state index in [9.17, 15) is 0 Å². The van der Waals surface area contributed by atoms with Gasteiger partial charge in [-0.1, -0.05) is 81.6 Å². The zero-order chi connectivity index (χ0) is 13.6. The van der Waals surface area contributed by atoms with Gasteiger partial charge in [0.25, 0.3) is 0 Å². The van der Waals surface area contributed by atoms with Crippen molar-refractivity contribution >= 4 is 0 Å². The normalized spacial score (nSPS) is 15.6. The predicted octanol–water partition coefficient (Wildman–Crippen LogP) is 6.69. The molecule has 0 unspecified atom stereocenters. The van der Waals surface area contributed by atoms with Gasteiger partial charge in [0.05, 0.1) is 0 Å². The van der Waals surface area contributed by atoms with E-state index < -0.39 is 0 Å². The predicted molar refractivity (Wildman–Crippen MR) is 80.1 cm³/mol. The van der Waals surface area contributed by atoms with Gasteiger partial charge in [0.15, 0.2) is 0 Å². The molecule has 0 aromatic heterocycles. The van der Waals surface area contributed by atoms with Gasteiger partial charge in [-0.3, -0.25) is 0 Å². The Labute approximate surface area is 106 Å². The summed E-state index contributed by atoms with van der Waals surface area (Å²) in [4.78, 5) is 0. The average Bonchev–Trinajstić information content (AvgIpc) is 2.37. The molecule has 0 aromatic rings. The topological polar surface area (TPSA) is 0 Å². The van der Waals surface area contributed by atoms with Crippen LogP contribution < -0.4 is 0 Å². The van der Waals surface area contributed by atoms with E-state index >= 15 is 0 Å². The van der Waals surface area contributed by atoms with Crippen molar-refractivity contribution in [2.24, 2.45) is 11.3 Å². The standard InChI is InChI=1S/C10H20.3C2H6/c1-10(2,3)9-7-5-4-6-8-9;3*1-2/h9H,4-8H2,1-3H3;3*1-2H3. The van der Waals surface area contributed by atoms with Crippen LogP contribution in [0.4, 0.5) is 0 Å². The summed E-state index contributed by atoms with van der Waals surface area (Å²) in [6, 6.07) is 0. The van der Waals surface area contributed by atoms with Crippen LogP contribution in [0.5, 0.6) is 0 Å². The molecule has 0 nitrogen and oxygen atoms in total. The molecule has 1 aliphatic carbocycles. The number of hydrogen-bond donors (Lipinski definition) is 0. The summed E-state index contributed by atoms with van der Waals surface area (Å²) < 4.78 is 0. The van der Waals surface area contributed by atoms with Crippen LogP contribution in [0.2, 0.25) is 0 Å². The molecule has 1 rings (SSSR count). The maximum Gasteiger partial charge on any atom is -0.0354 e. The molecule has 102 valence electrons. The Morgan fingerprint density at radius 1 is 0.625 bits per heavy atom. The van der Waals surface area contributed by atoms with Crippen LogP contribution in [0.3, 0.4) is 0 Å². The molecule has 0 amide bonds. The van der Waals surface area contributed by atoms with Gasteiger partial charge in [0.1, 0.15) is 0 Å². The number of hydrogen-bond acceptors (Lipinski definition) is 0. The third-order valence-electron chi connectivity index (χ3n) is 2.83. The van der Waals surface area contributed by atoms with Crippen LogP contribution in [0.15, 0.2) is 0 Å². The van der Waals surface area contributed by atoms with E-state index in [-0.39, 0.29) is 0 Å². The van der Waals surface area contributed by atoms with Gasteiger partial charge in [-0.25, -0.2) is 0 Å². The van der Waals surface area contributed by atoms with Gasteiger partial charge in [-0.05, 0) is 24.2 Å². The Balaban J connectivity index is -0.000000245. The monoisotopic (exact) mass is 230 g/mol. The average molecular weight is 230 g/mol. The van der Waals surface area contributed by atoms with Gasteiger partial charge in [0, 0.05) is 0 Å². The van der Waals surface area contributed by atoms with E-state index in [1.165, 1.54) is 32.1 Å². The molecule has 0 saturated heterocycles. The molecule has 16 heavy (non-hydrogen) atoms. The number of rotatable bonds is 0. The Hall–Kier alpha value is 0. The zero-order valence-electron chi connectivity index (χ0n) is 13.6. The molecule has 0 atom stereocenters. The fraction of sp³-hybridized carbons (Fsp3) is 1.00. The Kier molecular flexibility index (Phi) is 20.0. The summed E-state index contributed by atoms with van der Waals surface area (Å²) in [5, 5.41) is 0. The molecule has 0 N–H and O–H groups in total. The van der Waals surface area contributed by atoms with E-state index in [1.807, 2.05) is 41.5 Å². The molecule has 1 aliphatic rings. The second kappa shape index (κ2) is 15.0. The van der Waals surface area contributed by atoms with Crippen molar-refractivity contribution in [2.45, 2.75) is 94.4 Å². The summed E-state index contributed by atoms with van der Waals surface area (Å²) in [5.41, 5.74) is 0.570. The molecule has 1 fully saturated rings. The molecule has 0 aromatic carbocycles. The van der Waals surface area contributed by atoms with Gasteiger partial charge < -0.3 is 0 Å². The second-order valence-electron chi connectivity index (χ2n) is 4.70. The summed E-state index contributed by atoms with van der Waals surface area (Å²) >= 11 is 0. The largest absolute Gasteiger partial charge is 0.0683 e. The Morgan fingerprint density at radius 2 is 0.938 bits per heavy atom. The zero-order valence-corrected chi connectivity index (χ0v) is 13.6. The highest BCUT2D eigenvalue weighted by Gasteiger charge is 2.25. The smallest absolute Gasteiger partial charge is 0.0354 e. The quantitative estimate of drug-likeness (QED) is 0.435. The third kappa shape index (κ3) is 12.1. The molecule has 0 heteroatoms. The van der Waals surface area contributed by atoms with Crippen molar-refractivity contribution in [3.8, 4) is 0 Å². The molecule has 0 aliphatic heterocycles. The van der Waals surface area contributed by atoms with E-state index in [0.717, 1.165) is 5.92 Å². The molecule has 0 bridgehead atoms. The fourth-order valence-corrected chi connectivity index (χ4v) is 1.97. The van der Waals surface area contributed by atoms with E-state index in [1.54, 1.807) is 0 Å². The first-order valence-electron chi connectivity index (χ1n) is 7.61. The van der Waals surface area contributed by atoms with E-state index in [0.29, 0.717) is 5.41 Å². The van der Waals surface area contributed by atoms with Gasteiger partial charge in [-0.2, -0.15) is 0 Å². The highest BCUT2D eigenvalue weighted by Crippen LogP contribution is 2.37. The van der Waals surface area contributed by atoms with Gasteiger partial charge in [-0.15, -0.1) is 0 Å². The minimum absolute atomic E-state index is 0.570. The minimum Gasteiger partial charge on any atom is -0.0683 e. The van der Waals surface area contributed by atoms with Crippen LogP contribution in [0.25, 0.3) is 0 Å². The van der Waals surface area contributed by atoms with Crippen LogP contribution in [-0.2, 0) is 0 Å². The molecule has 1 saturated carbocycles. The lowest BCUT2D eigenvalue weighted by Gasteiger charge is -2.33. The maximum atomic E-state index is 2.38. The Morgan fingerprint density at radius 3 is 1.12 bits per heavy atom.